The third-order valence-electron chi connectivity index (χ3n) is 4.26. The summed E-state index contributed by atoms with van der Waals surface area (Å²) in [6.45, 7) is 4.11. The van der Waals surface area contributed by atoms with Crippen LogP contribution in [0.15, 0.2) is 42.5 Å². The average Bonchev–Trinajstić information content (AvgIpc) is 2.55. The predicted molar refractivity (Wildman–Crippen MR) is 97.2 cm³/mol. The third-order valence-corrected chi connectivity index (χ3v) is 4.56. The number of hydrogen-bond donors (Lipinski definition) is 1. The van der Waals surface area contributed by atoms with Crippen LogP contribution < -0.4 is 15.0 Å². The van der Waals surface area contributed by atoms with Crippen molar-refractivity contribution in [2.75, 3.05) is 25.0 Å². The van der Waals surface area contributed by atoms with Gasteiger partial charge in [0.1, 0.15) is 11.9 Å². The largest absolute Gasteiger partial charge is 0.490 e. The van der Waals surface area contributed by atoms with Crippen molar-refractivity contribution in [3.05, 3.63) is 53.1 Å². The van der Waals surface area contributed by atoms with Crippen LogP contribution in [0, 0.1) is 6.92 Å². The van der Waals surface area contributed by atoms with Crippen LogP contribution in [0.2, 0.25) is 5.02 Å². The molecule has 122 valence electrons. The molecule has 1 N–H and O–H groups in total. The maximum absolute atomic E-state index is 6.39. The Labute approximate surface area is 143 Å². The number of anilines is 2. The van der Waals surface area contributed by atoms with Gasteiger partial charge in [-0.2, -0.15) is 0 Å². The van der Waals surface area contributed by atoms with E-state index in [1.54, 1.807) is 0 Å². The van der Waals surface area contributed by atoms with E-state index in [2.05, 4.69) is 34.5 Å². The lowest BCUT2D eigenvalue weighted by molar-refractivity contribution is 0.162. The summed E-state index contributed by atoms with van der Waals surface area (Å²) in [5, 5.41) is 4.12. The van der Waals surface area contributed by atoms with E-state index >= 15 is 0 Å². The molecular formula is C19H23ClN2O. The first kappa shape index (κ1) is 16.2. The molecule has 1 aliphatic rings. The van der Waals surface area contributed by atoms with Crippen LogP contribution in [0.5, 0.6) is 5.75 Å². The van der Waals surface area contributed by atoms with Crippen molar-refractivity contribution >= 4 is 23.0 Å². The Bertz CT molecular complexity index is 668. The Kier molecular flexibility index (Phi) is 5.09. The fourth-order valence-corrected chi connectivity index (χ4v) is 3.26. The van der Waals surface area contributed by atoms with Crippen LogP contribution in [-0.2, 0) is 0 Å². The van der Waals surface area contributed by atoms with Gasteiger partial charge in [0.15, 0.2) is 0 Å². The van der Waals surface area contributed by atoms with Crippen molar-refractivity contribution in [3.8, 4) is 5.75 Å². The zero-order valence-corrected chi connectivity index (χ0v) is 14.4. The molecule has 0 unspecified atom stereocenters. The van der Waals surface area contributed by atoms with Crippen LogP contribution in [0.4, 0.5) is 11.4 Å². The number of aryl methyl sites for hydroxylation is 1. The highest BCUT2D eigenvalue weighted by molar-refractivity contribution is 6.33. The van der Waals surface area contributed by atoms with Crippen molar-refractivity contribution in [2.24, 2.45) is 0 Å². The Morgan fingerprint density at radius 3 is 2.65 bits per heavy atom. The molecule has 3 nitrogen and oxygen atoms in total. The van der Waals surface area contributed by atoms with Gasteiger partial charge in [0.2, 0.25) is 0 Å². The van der Waals surface area contributed by atoms with Gasteiger partial charge in [0.25, 0.3) is 0 Å². The normalized spacial score (nSPS) is 15.4. The molecule has 0 spiro atoms. The number of ether oxygens (including phenoxy) is 1. The topological polar surface area (TPSA) is 24.5 Å². The molecule has 23 heavy (non-hydrogen) atoms. The summed E-state index contributed by atoms with van der Waals surface area (Å²) in [4.78, 5) is 2.09. The van der Waals surface area contributed by atoms with Gasteiger partial charge < -0.3 is 15.0 Å². The lowest BCUT2D eigenvalue weighted by atomic mass is 10.1. The number of nitrogens with one attached hydrogen (secondary N) is 1. The molecule has 3 rings (SSSR count). The summed E-state index contributed by atoms with van der Waals surface area (Å²) < 4.78 is 6.13. The summed E-state index contributed by atoms with van der Waals surface area (Å²) >= 11 is 6.39. The molecule has 2 aromatic carbocycles. The molecule has 0 aromatic heterocycles. The predicted octanol–water partition coefficient (Wildman–Crippen LogP) is 4.55. The standard InChI is InChI=1S/C19H23ClN2O/c1-14-6-7-19(18(20)12-14)22(2)15-4-3-5-17(13-15)23-16-8-10-21-11-9-16/h3-7,12-13,16,21H,8-11H2,1-2H3. The fourth-order valence-electron chi connectivity index (χ4n) is 2.89. The van der Waals surface area contributed by atoms with Gasteiger partial charge in [-0.1, -0.05) is 23.7 Å². The summed E-state index contributed by atoms with van der Waals surface area (Å²) in [6.07, 6.45) is 2.42. The second-order valence-electron chi connectivity index (χ2n) is 6.08. The summed E-state index contributed by atoms with van der Waals surface area (Å²) in [7, 11) is 2.03. The highest BCUT2D eigenvalue weighted by atomic mass is 35.5. The molecule has 4 heteroatoms. The Balaban J connectivity index is 1.78. The molecule has 0 bridgehead atoms. The molecule has 0 amide bonds. The van der Waals surface area contributed by atoms with Crippen LogP contribution in [0.1, 0.15) is 18.4 Å². The van der Waals surface area contributed by atoms with Crippen molar-refractivity contribution in [3.63, 3.8) is 0 Å². The zero-order valence-electron chi connectivity index (χ0n) is 13.7. The number of piperidine rings is 1. The number of halogens is 1. The highest BCUT2D eigenvalue weighted by Crippen LogP contribution is 2.33. The fraction of sp³-hybridized carbons (Fsp3) is 0.368. The highest BCUT2D eigenvalue weighted by Gasteiger charge is 2.15. The average molecular weight is 331 g/mol. The van der Waals surface area contributed by atoms with Crippen LogP contribution in [-0.4, -0.2) is 26.2 Å². The molecule has 0 aliphatic carbocycles. The molecule has 2 aromatic rings. The Morgan fingerprint density at radius 2 is 1.91 bits per heavy atom. The van der Waals surface area contributed by atoms with E-state index in [0.717, 1.165) is 53.6 Å². The van der Waals surface area contributed by atoms with Crippen LogP contribution >= 0.6 is 11.6 Å². The summed E-state index contributed by atoms with van der Waals surface area (Å²) in [5.41, 5.74) is 3.23. The van der Waals surface area contributed by atoms with Gasteiger partial charge in [-0.15, -0.1) is 0 Å². The maximum Gasteiger partial charge on any atom is 0.121 e. The molecule has 1 heterocycles. The molecule has 1 saturated heterocycles. The van der Waals surface area contributed by atoms with Crippen LogP contribution in [0.3, 0.4) is 0 Å². The summed E-state index contributed by atoms with van der Waals surface area (Å²) in [6, 6.07) is 14.3. The molecule has 1 fully saturated rings. The molecule has 0 atom stereocenters. The molecule has 0 radical (unpaired) electrons. The number of hydrogen-bond acceptors (Lipinski definition) is 3. The minimum absolute atomic E-state index is 0.305. The number of nitrogens with zero attached hydrogens (tertiary/aromatic N) is 1. The van der Waals surface area contributed by atoms with Gasteiger partial charge in [-0.05, 0) is 62.7 Å². The van der Waals surface area contributed by atoms with Crippen molar-refractivity contribution in [1.82, 2.24) is 5.32 Å². The minimum Gasteiger partial charge on any atom is -0.490 e. The lowest BCUT2D eigenvalue weighted by Crippen LogP contribution is -2.34. The van der Waals surface area contributed by atoms with Gasteiger partial charge in [-0.3, -0.25) is 0 Å². The van der Waals surface area contributed by atoms with Crippen molar-refractivity contribution < 1.29 is 4.74 Å². The second-order valence-corrected chi connectivity index (χ2v) is 6.49. The summed E-state index contributed by atoms with van der Waals surface area (Å²) in [5.74, 6) is 0.921. The van der Waals surface area contributed by atoms with Crippen molar-refractivity contribution in [2.45, 2.75) is 25.9 Å². The van der Waals surface area contributed by atoms with Gasteiger partial charge in [0, 0.05) is 18.8 Å². The first-order chi connectivity index (χ1) is 11.1. The van der Waals surface area contributed by atoms with Gasteiger partial charge in [-0.25, -0.2) is 0 Å². The number of rotatable bonds is 4. The smallest absolute Gasteiger partial charge is 0.121 e. The Morgan fingerprint density at radius 1 is 1.13 bits per heavy atom. The van der Waals surface area contributed by atoms with Gasteiger partial charge in [0.05, 0.1) is 10.7 Å². The van der Waals surface area contributed by atoms with E-state index in [-0.39, 0.29) is 0 Å². The zero-order chi connectivity index (χ0) is 16.2. The molecular weight excluding hydrogens is 308 g/mol. The monoisotopic (exact) mass is 330 g/mol. The van der Waals surface area contributed by atoms with E-state index in [9.17, 15) is 0 Å². The second kappa shape index (κ2) is 7.24. The minimum atomic E-state index is 0.305. The Hall–Kier alpha value is -1.71. The van der Waals surface area contributed by atoms with E-state index in [1.807, 2.05) is 32.2 Å². The number of benzene rings is 2. The molecule has 0 saturated carbocycles. The van der Waals surface area contributed by atoms with E-state index in [1.165, 1.54) is 0 Å². The van der Waals surface area contributed by atoms with E-state index < -0.39 is 0 Å². The van der Waals surface area contributed by atoms with E-state index in [0.29, 0.717) is 6.10 Å². The van der Waals surface area contributed by atoms with Crippen molar-refractivity contribution in [1.29, 1.82) is 0 Å². The lowest BCUT2D eigenvalue weighted by Gasteiger charge is -2.25. The quantitative estimate of drug-likeness (QED) is 0.890. The maximum atomic E-state index is 6.39. The molecule has 1 aliphatic heterocycles. The third kappa shape index (κ3) is 3.98. The SMILES string of the molecule is Cc1ccc(N(C)c2cccc(OC3CCNCC3)c2)c(Cl)c1. The van der Waals surface area contributed by atoms with Crippen LogP contribution in [0.25, 0.3) is 0 Å². The first-order valence-electron chi connectivity index (χ1n) is 8.11. The first-order valence-corrected chi connectivity index (χ1v) is 8.48. The van der Waals surface area contributed by atoms with Gasteiger partial charge >= 0.3 is 0 Å². The van der Waals surface area contributed by atoms with E-state index in [4.69, 9.17) is 16.3 Å².